The van der Waals surface area contributed by atoms with Crippen molar-refractivity contribution < 1.29 is 9.59 Å². The number of thioether (sulfide) groups is 1. The van der Waals surface area contributed by atoms with E-state index in [2.05, 4.69) is 5.32 Å². The number of rotatable bonds is 8. The Labute approximate surface area is 184 Å². The summed E-state index contributed by atoms with van der Waals surface area (Å²) in [5, 5.41) is 4.25. The highest BCUT2D eigenvalue weighted by molar-refractivity contribution is 7.99. The van der Waals surface area contributed by atoms with Crippen LogP contribution in [0.5, 0.6) is 0 Å². The van der Waals surface area contributed by atoms with Crippen LogP contribution in [-0.4, -0.2) is 35.6 Å². The van der Waals surface area contributed by atoms with E-state index in [-0.39, 0.29) is 18.4 Å². The molecule has 1 atom stereocenters. The lowest BCUT2D eigenvalue weighted by Crippen LogP contribution is -2.46. The third-order valence-corrected chi connectivity index (χ3v) is 6.02. The predicted molar refractivity (Wildman–Crippen MR) is 117 cm³/mol. The van der Waals surface area contributed by atoms with Gasteiger partial charge in [-0.15, -0.1) is 11.8 Å². The second-order valence-corrected chi connectivity index (χ2v) is 8.55. The van der Waals surface area contributed by atoms with Crippen LogP contribution < -0.4 is 5.32 Å². The summed E-state index contributed by atoms with van der Waals surface area (Å²) in [6.45, 7) is 1.93. The van der Waals surface area contributed by atoms with Gasteiger partial charge in [0.25, 0.3) is 0 Å². The van der Waals surface area contributed by atoms with Crippen LogP contribution in [0.3, 0.4) is 0 Å². The Morgan fingerprint density at radius 2 is 1.71 bits per heavy atom. The lowest BCUT2D eigenvalue weighted by molar-refractivity contribution is -0.140. The molecule has 28 heavy (non-hydrogen) atoms. The fourth-order valence-electron chi connectivity index (χ4n) is 2.56. The van der Waals surface area contributed by atoms with Gasteiger partial charge < -0.3 is 10.2 Å². The molecular formula is C20H21Cl3N2O2S. The first-order valence-electron chi connectivity index (χ1n) is 8.65. The third-order valence-electron chi connectivity index (χ3n) is 4.17. The first kappa shape index (κ1) is 22.9. The number of carbonyl (C=O) groups is 2. The molecule has 0 aliphatic carbocycles. The maximum Gasteiger partial charge on any atom is 0.242 e. The van der Waals surface area contributed by atoms with Crippen molar-refractivity contribution in [1.29, 1.82) is 0 Å². The van der Waals surface area contributed by atoms with E-state index in [1.165, 1.54) is 4.90 Å². The second kappa shape index (κ2) is 11.0. The molecule has 0 aliphatic heterocycles. The summed E-state index contributed by atoms with van der Waals surface area (Å²) in [5.74, 6) is 0.235. The molecule has 0 aromatic heterocycles. The Morgan fingerprint density at radius 3 is 2.32 bits per heavy atom. The van der Waals surface area contributed by atoms with E-state index in [1.807, 2.05) is 24.3 Å². The number of likely N-dealkylation sites (N-methyl/N-ethyl adjacent to an activating group) is 1. The third kappa shape index (κ3) is 6.59. The molecule has 0 aliphatic rings. The number of carbonyl (C=O) groups excluding carboxylic acids is 2. The van der Waals surface area contributed by atoms with E-state index in [0.29, 0.717) is 27.2 Å². The standard InChI is InChI=1S/C20H21Cl3N2O2S/c1-13(20(27)24-2)25(12-14-3-4-16(22)11-18(14)23)19(26)9-10-28-17-7-5-15(21)6-8-17/h3-8,11,13H,9-10,12H2,1-2H3,(H,24,27)/t13-/m1/s1. The normalized spacial score (nSPS) is 11.8. The maximum absolute atomic E-state index is 12.9. The van der Waals surface area contributed by atoms with Crippen LogP contribution in [0.1, 0.15) is 18.9 Å². The molecule has 2 aromatic rings. The number of hydrogen-bond donors (Lipinski definition) is 1. The van der Waals surface area contributed by atoms with E-state index in [9.17, 15) is 9.59 Å². The highest BCUT2D eigenvalue weighted by atomic mass is 35.5. The minimum Gasteiger partial charge on any atom is -0.357 e. The maximum atomic E-state index is 12.9. The highest BCUT2D eigenvalue weighted by Crippen LogP contribution is 2.25. The van der Waals surface area contributed by atoms with E-state index in [4.69, 9.17) is 34.8 Å². The van der Waals surface area contributed by atoms with Crippen molar-refractivity contribution in [3.8, 4) is 0 Å². The molecular weight excluding hydrogens is 439 g/mol. The number of hydrogen-bond acceptors (Lipinski definition) is 3. The zero-order valence-electron chi connectivity index (χ0n) is 15.5. The minimum atomic E-state index is -0.621. The minimum absolute atomic E-state index is 0.122. The van der Waals surface area contributed by atoms with Crippen LogP contribution in [0.25, 0.3) is 0 Å². The summed E-state index contributed by atoms with van der Waals surface area (Å²) in [7, 11) is 1.55. The van der Waals surface area contributed by atoms with Gasteiger partial charge in [0.15, 0.2) is 0 Å². The quantitative estimate of drug-likeness (QED) is 0.545. The summed E-state index contributed by atoms with van der Waals surface area (Å²) in [6.07, 6.45) is 0.292. The van der Waals surface area contributed by atoms with Crippen LogP contribution >= 0.6 is 46.6 Å². The Hall–Kier alpha value is -1.40. The van der Waals surface area contributed by atoms with Gasteiger partial charge in [-0.25, -0.2) is 0 Å². The summed E-state index contributed by atoms with van der Waals surface area (Å²) >= 11 is 19.7. The molecule has 2 amide bonds. The SMILES string of the molecule is CNC(=O)[C@@H](C)N(Cc1ccc(Cl)cc1Cl)C(=O)CCSc1ccc(Cl)cc1. The van der Waals surface area contributed by atoms with Gasteiger partial charge in [-0.05, 0) is 48.9 Å². The molecule has 8 heteroatoms. The summed E-state index contributed by atoms with van der Waals surface area (Å²) in [4.78, 5) is 27.6. The van der Waals surface area contributed by atoms with Gasteiger partial charge in [-0.2, -0.15) is 0 Å². The molecule has 2 rings (SSSR count). The van der Waals surface area contributed by atoms with Gasteiger partial charge >= 0.3 is 0 Å². The Balaban J connectivity index is 2.07. The zero-order valence-corrected chi connectivity index (χ0v) is 18.6. The average Bonchev–Trinajstić information content (AvgIpc) is 2.67. The highest BCUT2D eigenvalue weighted by Gasteiger charge is 2.25. The zero-order chi connectivity index (χ0) is 20.7. The molecule has 1 N–H and O–H groups in total. The molecule has 0 fully saturated rings. The van der Waals surface area contributed by atoms with Crippen molar-refractivity contribution in [2.75, 3.05) is 12.8 Å². The van der Waals surface area contributed by atoms with Gasteiger partial charge in [0.2, 0.25) is 11.8 Å². The summed E-state index contributed by atoms with van der Waals surface area (Å²) < 4.78 is 0. The lowest BCUT2D eigenvalue weighted by Gasteiger charge is -2.28. The lowest BCUT2D eigenvalue weighted by atomic mass is 10.1. The van der Waals surface area contributed by atoms with Crippen molar-refractivity contribution in [2.45, 2.75) is 30.8 Å². The Kier molecular flexibility index (Phi) is 8.96. The molecule has 0 saturated carbocycles. The molecule has 2 aromatic carbocycles. The van der Waals surface area contributed by atoms with Gasteiger partial charge in [0.1, 0.15) is 6.04 Å². The molecule has 0 unspecified atom stereocenters. The molecule has 4 nitrogen and oxygen atoms in total. The predicted octanol–water partition coefficient (Wildman–Crippen LogP) is 5.29. The van der Waals surface area contributed by atoms with Crippen LogP contribution in [0.4, 0.5) is 0 Å². The van der Waals surface area contributed by atoms with Crippen molar-refractivity contribution in [3.05, 3.63) is 63.1 Å². The topological polar surface area (TPSA) is 49.4 Å². The molecule has 0 heterocycles. The van der Waals surface area contributed by atoms with Crippen LogP contribution in [0.15, 0.2) is 47.4 Å². The molecule has 0 bridgehead atoms. The molecule has 0 saturated heterocycles. The number of nitrogens with one attached hydrogen (secondary N) is 1. The summed E-state index contributed by atoms with van der Waals surface area (Å²) in [6, 6.07) is 11.9. The summed E-state index contributed by atoms with van der Waals surface area (Å²) in [5.41, 5.74) is 0.737. The van der Waals surface area contributed by atoms with E-state index in [0.717, 1.165) is 10.5 Å². The van der Waals surface area contributed by atoms with Crippen molar-refractivity contribution in [1.82, 2.24) is 10.2 Å². The van der Waals surface area contributed by atoms with Gasteiger partial charge in [0, 0.05) is 45.7 Å². The van der Waals surface area contributed by atoms with Gasteiger partial charge in [0.05, 0.1) is 0 Å². The monoisotopic (exact) mass is 458 g/mol. The number of nitrogens with zero attached hydrogens (tertiary/aromatic N) is 1. The Morgan fingerprint density at radius 1 is 1.07 bits per heavy atom. The first-order valence-corrected chi connectivity index (χ1v) is 10.8. The second-order valence-electron chi connectivity index (χ2n) is 6.10. The van der Waals surface area contributed by atoms with Crippen molar-refractivity contribution in [2.24, 2.45) is 0 Å². The molecule has 0 spiro atoms. The van der Waals surface area contributed by atoms with Crippen LogP contribution in [0, 0.1) is 0 Å². The average molecular weight is 460 g/mol. The smallest absolute Gasteiger partial charge is 0.242 e. The van der Waals surface area contributed by atoms with Crippen LogP contribution in [-0.2, 0) is 16.1 Å². The van der Waals surface area contributed by atoms with Gasteiger partial charge in [-0.1, -0.05) is 40.9 Å². The number of benzene rings is 2. The largest absolute Gasteiger partial charge is 0.357 e. The van der Waals surface area contributed by atoms with Gasteiger partial charge in [-0.3, -0.25) is 9.59 Å². The van der Waals surface area contributed by atoms with E-state index >= 15 is 0 Å². The first-order chi connectivity index (χ1) is 13.3. The fourth-order valence-corrected chi connectivity index (χ4v) is 3.99. The van der Waals surface area contributed by atoms with Crippen molar-refractivity contribution >= 4 is 58.4 Å². The van der Waals surface area contributed by atoms with Crippen LogP contribution in [0.2, 0.25) is 15.1 Å². The van der Waals surface area contributed by atoms with Crippen molar-refractivity contribution in [3.63, 3.8) is 0 Å². The van der Waals surface area contributed by atoms with E-state index < -0.39 is 6.04 Å². The Bertz CT molecular complexity index is 831. The van der Waals surface area contributed by atoms with E-state index in [1.54, 1.807) is 43.9 Å². The fraction of sp³-hybridized carbons (Fsp3) is 0.300. The number of halogens is 3. The number of amides is 2. The molecule has 150 valence electrons. The molecule has 0 radical (unpaired) electrons.